The van der Waals surface area contributed by atoms with Gasteiger partial charge in [-0.25, -0.2) is 9.97 Å². The molecule has 1 saturated heterocycles. The maximum Gasteiger partial charge on any atom is 0.257 e. The Kier molecular flexibility index (Phi) is 8.64. The first-order chi connectivity index (χ1) is 19.0. The van der Waals surface area contributed by atoms with Crippen molar-refractivity contribution in [3.8, 4) is 11.4 Å². The maximum absolute atomic E-state index is 13.6. The lowest BCUT2D eigenvalue weighted by molar-refractivity contribution is -0.112. The highest BCUT2D eigenvalue weighted by molar-refractivity contribution is 9.08. The molecule has 2 aromatic carbocycles. The van der Waals surface area contributed by atoms with Crippen molar-refractivity contribution in [2.24, 2.45) is 5.92 Å². The van der Waals surface area contributed by atoms with E-state index in [2.05, 4.69) is 48.4 Å². The monoisotopic (exact) mass is 585 g/mol. The third-order valence-electron chi connectivity index (χ3n) is 7.19. The number of hydrogen-bond donors (Lipinski definition) is 2. The van der Waals surface area contributed by atoms with Gasteiger partial charge in [0.15, 0.2) is 5.82 Å². The van der Waals surface area contributed by atoms with Crippen LogP contribution in [-0.2, 0) is 10.1 Å². The summed E-state index contributed by atoms with van der Waals surface area (Å²) in [4.78, 5) is 38.1. The van der Waals surface area contributed by atoms with E-state index in [1.54, 1.807) is 18.5 Å². The van der Waals surface area contributed by atoms with Crippen LogP contribution in [0.3, 0.4) is 0 Å². The zero-order chi connectivity index (χ0) is 27.2. The van der Waals surface area contributed by atoms with Gasteiger partial charge in [0.25, 0.3) is 11.8 Å². The van der Waals surface area contributed by atoms with E-state index in [0.717, 1.165) is 37.1 Å². The molecule has 2 atom stereocenters. The number of carbonyl (C=O) groups excluding carboxylic acids is 2. The van der Waals surface area contributed by atoms with Crippen molar-refractivity contribution in [3.63, 3.8) is 0 Å². The molecular formula is C31H32BrN5O2. The van der Waals surface area contributed by atoms with Crippen molar-refractivity contribution in [2.45, 2.75) is 37.6 Å². The Bertz CT molecular complexity index is 1380. The van der Waals surface area contributed by atoms with Crippen LogP contribution in [0.15, 0.2) is 90.4 Å². The van der Waals surface area contributed by atoms with Gasteiger partial charge in [-0.15, -0.1) is 0 Å². The molecule has 7 nitrogen and oxygen atoms in total. The van der Waals surface area contributed by atoms with Gasteiger partial charge in [-0.05, 0) is 49.5 Å². The molecule has 1 fully saturated rings. The Morgan fingerprint density at radius 1 is 0.923 bits per heavy atom. The molecule has 2 N–H and O–H groups in total. The summed E-state index contributed by atoms with van der Waals surface area (Å²) in [6.07, 6.45) is 10.8. The molecule has 2 heterocycles. The summed E-state index contributed by atoms with van der Waals surface area (Å²) in [6, 6.07) is 17.2. The van der Waals surface area contributed by atoms with Crippen molar-refractivity contribution in [3.05, 3.63) is 102 Å². The average Bonchev–Trinajstić information content (AvgIpc) is 2.98. The Balaban J connectivity index is 1.39. The number of carbonyl (C=O) groups is 2. The lowest BCUT2D eigenvalue weighted by Gasteiger charge is -2.38. The van der Waals surface area contributed by atoms with Crippen LogP contribution in [0.25, 0.3) is 11.4 Å². The number of nitrogens with zero attached hydrogens (tertiary/aromatic N) is 3. The normalized spacial score (nSPS) is 19.5. The fourth-order valence-corrected chi connectivity index (χ4v) is 5.49. The van der Waals surface area contributed by atoms with Crippen LogP contribution in [-0.4, -0.2) is 45.8 Å². The van der Waals surface area contributed by atoms with Crippen LogP contribution in [0.1, 0.15) is 42.1 Å². The summed E-state index contributed by atoms with van der Waals surface area (Å²) in [7, 11) is 0. The highest BCUT2D eigenvalue weighted by atomic mass is 79.9. The predicted molar refractivity (Wildman–Crippen MR) is 157 cm³/mol. The molecule has 5 rings (SSSR count). The van der Waals surface area contributed by atoms with Crippen LogP contribution in [0.2, 0.25) is 0 Å². The summed E-state index contributed by atoms with van der Waals surface area (Å²) < 4.78 is 0. The molecule has 200 valence electrons. The Morgan fingerprint density at radius 3 is 2.38 bits per heavy atom. The minimum atomic E-state index is -0.305. The number of nitrogens with one attached hydrogen (secondary N) is 2. The van der Waals surface area contributed by atoms with E-state index in [0.29, 0.717) is 33.7 Å². The molecule has 39 heavy (non-hydrogen) atoms. The smallest absolute Gasteiger partial charge is 0.257 e. The zero-order valence-corrected chi connectivity index (χ0v) is 23.5. The zero-order valence-electron chi connectivity index (χ0n) is 21.9. The maximum atomic E-state index is 13.6. The van der Waals surface area contributed by atoms with Gasteiger partial charge >= 0.3 is 0 Å². The molecule has 2 aliphatic rings. The Hall–Kier alpha value is -3.62. The van der Waals surface area contributed by atoms with E-state index in [4.69, 9.17) is 0 Å². The van der Waals surface area contributed by atoms with Crippen molar-refractivity contribution in [1.82, 2.24) is 20.2 Å². The van der Waals surface area contributed by atoms with Crippen LogP contribution in [0, 0.1) is 5.92 Å². The quantitative estimate of drug-likeness (QED) is 0.346. The van der Waals surface area contributed by atoms with E-state index in [-0.39, 0.29) is 23.8 Å². The van der Waals surface area contributed by atoms with Crippen molar-refractivity contribution >= 4 is 33.4 Å². The molecule has 2 amide bonds. The number of benzene rings is 2. The Labute approximate surface area is 237 Å². The number of likely N-dealkylation sites (tertiary alicyclic amines) is 1. The van der Waals surface area contributed by atoms with Crippen molar-refractivity contribution < 1.29 is 9.59 Å². The number of halogens is 1. The number of aromatic nitrogens is 2. The van der Waals surface area contributed by atoms with Crippen LogP contribution >= 0.6 is 15.9 Å². The van der Waals surface area contributed by atoms with E-state index in [9.17, 15) is 9.59 Å². The molecule has 0 radical (unpaired) electrons. The molecule has 0 spiro atoms. The van der Waals surface area contributed by atoms with Gasteiger partial charge in [0.05, 0.1) is 23.7 Å². The molecule has 8 heteroatoms. The van der Waals surface area contributed by atoms with Gasteiger partial charge in [-0.2, -0.15) is 0 Å². The molecule has 3 aromatic rings. The number of rotatable bonds is 7. The first-order valence-electron chi connectivity index (χ1n) is 13.3. The number of anilines is 1. The molecule has 1 aliphatic carbocycles. The molecule has 2 unspecified atom stereocenters. The lowest BCUT2D eigenvalue weighted by atomic mass is 9.88. The second-order valence-electron chi connectivity index (χ2n) is 10.0. The molecular weight excluding hydrogens is 554 g/mol. The third kappa shape index (κ3) is 6.52. The summed E-state index contributed by atoms with van der Waals surface area (Å²) in [5.41, 5.74) is 3.91. The fourth-order valence-electron chi connectivity index (χ4n) is 5.14. The first kappa shape index (κ1) is 27.0. The predicted octanol–water partition coefficient (Wildman–Crippen LogP) is 5.72. The van der Waals surface area contributed by atoms with E-state index < -0.39 is 0 Å². The van der Waals surface area contributed by atoms with Crippen molar-refractivity contribution in [2.75, 3.05) is 18.4 Å². The summed E-state index contributed by atoms with van der Waals surface area (Å²) in [5.74, 6) is 0.169. The molecule has 0 bridgehead atoms. The highest BCUT2D eigenvalue weighted by Crippen LogP contribution is 2.29. The third-order valence-corrected chi connectivity index (χ3v) is 7.83. The number of hydrogen-bond acceptors (Lipinski definition) is 5. The molecule has 1 aromatic heterocycles. The van der Waals surface area contributed by atoms with Crippen LogP contribution in [0.4, 0.5) is 5.69 Å². The SMILES string of the molecule is CC1C=C(NC(=O)c2cccc(CBr)c2)C(C(=O)Nc2cnc(-c3ccccc3)nc2)=CC1N1CCCCC1. The van der Waals surface area contributed by atoms with E-state index in [1.165, 1.54) is 6.42 Å². The van der Waals surface area contributed by atoms with Gasteiger partial charge in [0, 0.05) is 28.2 Å². The van der Waals surface area contributed by atoms with Crippen molar-refractivity contribution in [1.29, 1.82) is 0 Å². The number of alkyl halides is 1. The Morgan fingerprint density at radius 2 is 1.67 bits per heavy atom. The minimum Gasteiger partial charge on any atom is -0.322 e. The minimum absolute atomic E-state index is 0.0835. The topological polar surface area (TPSA) is 87.2 Å². The van der Waals surface area contributed by atoms with Crippen LogP contribution in [0.5, 0.6) is 0 Å². The second-order valence-corrected chi connectivity index (χ2v) is 10.6. The summed E-state index contributed by atoms with van der Waals surface area (Å²) in [6.45, 7) is 4.15. The largest absolute Gasteiger partial charge is 0.322 e. The van der Waals surface area contributed by atoms with E-state index in [1.807, 2.05) is 60.7 Å². The van der Waals surface area contributed by atoms with Gasteiger partial charge < -0.3 is 10.6 Å². The molecule has 1 aliphatic heterocycles. The standard InChI is InChI=1S/C31H32BrN5O2/c1-21-15-27(36-30(38)24-12-8-9-22(16-24)18-32)26(17-28(21)37-13-6-3-7-14-37)31(39)35-25-19-33-29(34-20-25)23-10-4-2-5-11-23/h2,4-5,8-12,15-17,19-21,28H,3,6-7,13-14,18H2,1H3,(H,35,39)(H,36,38). The summed E-state index contributed by atoms with van der Waals surface area (Å²) >= 11 is 3.45. The first-order valence-corrected chi connectivity index (χ1v) is 14.5. The van der Waals surface area contributed by atoms with Gasteiger partial charge in [0.1, 0.15) is 0 Å². The second kappa shape index (κ2) is 12.5. The van der Waals surface area contributed by atoms with E-state index >= 15 is 0 Å². The van der Waals surface area contributed by atoms with Gasteiger partial charge in [-0.1, -0.05) is 83.9 Å². The van der Waals surface area contributed by atoms with Crippen LogP contribution < -0.4 is 10.6 Å². The fraction of sp³-hybridized carbons (Fsp3) is 0.290. The molecule has 0 saturated carbocycles. The van der Waals surface area contributed by atoms with Gasteiger partial charge in [0.2, 0.25) is 0 Å². The highest BCUT2D eigenvalue weighted by Gasteiger charge is 2.31. The average molecular weight is 587 g/mol. The number of piperidine rings is 1. The summed E-state index contributed by atoms with van der Waals surface area (Å²) in [5, 5.41) is 6.61. The van der Waals surface area contributed by atoms with Gasteiger partial charge in [-0.3, -0.25) is 14.5 Å². The lowest BCUT2D eigenvalue weighted by Crippen LogP contribution is -2.44. The number of amides is 2.